The van der Waals surface area contributed by atoms with Gasteiger partial charge in [-0.3, -0.25) is 9.59 Å². The Morgan fingerprint density at radius 2 is 1.71 bits per heavy atom. The molecule has 0 fully saturated rings. The fourth-order valence-electron chi connectivity index (χ4n) is 5.44. The first kappa shape index (κ1) is 29.2. The first-order valence-electron chi connectivity index (χ1n) is 14.7. The zero-order valence-electron chi connectivity index (χ0n) is 25.0. The van der Waals surface area contributed by atoms with E-state index in [0.717, 1.165) is 63.5 Å². The quantitative estimate of drug-likeness (QED) is 0.317. The van der Waals surface area contributed by atoms with Crippen molar-refractivity contribution in [3.05, 3.63) is 65.4 Å². The van der Waals surface area contributed by atoms with Crippen molar-refractivity contribution >= 4 is 34.1 Å². The standard InChI is InChI=1S/C33H39N5O4/c1-20(2)27-14-12-26-25(13-15-28(41-5)33(26)34-27)32-22(4)19-30(40)38(37-32)16-6-7-17-42-24-10-8-23(9-11-24)31-21(3)18-29(39)35-36-31/h8-15,20-22H,6-7,16-19H2,1-5H3,(H,35,39). The number of nitrogens with one attached hydrogen (secondary N) is 1. The van der Waals surface area contributed by atoms with Crippen LogP contribution in [0.15, 0.2) is 58.7 Å². The lowest BCUT2D eigenvalue weighted by molar-refractivity contribution is -0.132. The van der Waals surface area contributed by atoms with Gasteiger partial charge < -0.3 is 9.47 Å². The monoisotopic (exact) mass is 569 g/mol. The number of hydrazone groups is 2. The molecule has 5 rings (SSSR count). The first-order chi connectivity index (χ1) is 20.2. The Balaban J connectivity index is 1.21. The van der Waals surface area contributed by atoms with Crippen LogP contribution in [0.25, 0.3) is 10.9 Å². The molecule has 2 aliphatic rings. The molecular weight excluding hydrogens is 530 g/mol. The van der Waals surface area contributed by atoms with Crippen LogP contribution in [0.3, 0.4) is 0 Å². The number of fused-ring (bicyclic) bond motifs is 1. The highest BCUT2D eigenvalue weighted by Gasteiger charge is 2.29. The van der Waals surface area contributed by atoms with Gasteiger partial charge in [0.05, 0.1) is 25.1 Å². The number of carbonyl (C=O) groups excluding carboxylic acids is 2. The Kier molecular flexibility index (Phi) is 8.85. The van der Waals surface area contributed by atoms with Crippen LogP contribution < -0.4 is 14.9 Å². The Bertz CT molecular complexity index is 1530. The summed E-state index contributed by atoms with van der Waals surface area (Å²) in [6.07, 6.45) is 2.41. The molecule has 2 unspecified atom stereocenters. The van der Waals surface area contributed by atoms with Crippen molar-refractivity contribution in [1.29, 1.82) is 0 Å². The van der Waals surface area contributed by atoms with Crippen molar-refractivity contribution in [1.82, 2.24) is 15.4 Å². The van der Waals surface area contributed by atoms with Crippen LogP contribution >= 0.6 is 0 Å². The number of nitrogens with zero attached hydrogens (tertiary/aromatic N) is 4. The number of carbonyl (C=O) groups is 2. The van der Waals surface area contributed by atoms with Gasteiger partial charge in [-0.05, 0) is 66.8 Å². The number of unbranched alkanes of at least 4 members (excludes halogenated alkanes) is 1. The third-order valence-corrected chi connectivity index (χ3v) is 7.84. The molecule has 0 aliphatic carbocycles. The second kappa shape index (κ2) is 12.7. The minimum Gasteiger partial charge on any atom is -0.494 e. The van der Waals surface area contributed by atoms with E-state index in [2.05, 4.69) is 43.4 Å². The molecule has 2 atom stereocenters. The highest BCUT2D eigenvalue weighted by atomic mass is 16.5. The molecule has 0 spiro atoms. The number of pyridine rings is 1. The van der Waals surface area contributed by atoms with Gasteiger partial charge in [0, 0.05) is 47.9 Å². The summed E-state index contributed by atoms with van der Waals surface area (Å²) in [5, 5.41) is 11.7. The second-order valence-electron chi connectivity index (χ2n) is 11.4. The smallest absolute Gasteiger partial charge is 0.243 e. The normalized spacial score (nSPS) is 19.0. The Labute approximate surface area is 247 Å². The van der Waals surface area contributed by atoms with Gasteiger partial charge in [-0.25, -0.2) is 15.4 Å². The number of hydrogen-bond donors (Lipinski definition) is 1. The summed E-state index contributed by atoms with van der Waals surface area (Å²) in [6, 6.07) is 15.9. The summed E-state index contributed by atoms with van der Waals surface area (Å²) in [5.41, 5.74) is 8.12. The molecule has 9 heteroatoms. The number of aromatic nitrogens is 1. The van der Waals surface area contributed by atoms with E-state index in [4.69, 9.17) is 19.6 Å². The molecule has 3 heterocycles. The Morgan fingerprint density at radius 3 is 2.43 bits per heavy atom. The molecule has 2 aliphatic heterocycles. The highest BCUT2D eigenvalue weighted by molar-refractivity contribution is 6.14. The zero-order valence-corrected chi connectivity index (χ0v) is 25.0. The maximum Gasteiger partial charge on any atom is 0.243 e. The van der Waals surface area contributed by atoms with E-state index in [1.165, 1.54) is 0 Å². The molecule has 0 saturated heterocycles. The average molecular weight is 570 g/mol. The van der Waals surface area contributed by atoms with Gasteiger partial charge in [-0.2, -0.15) is 10.2 Å². The van der Waals surface area contributed by atoms with Crippen LogP contribution in [-0.2, 0) is 9.59 Å². The molecule has 2 amide bonds. The van der Waals surface area contributed by atoms with Crippen LogP contribution in [0.2, 0.25) is 0 Å². The molecule has 220 valence electrons. The van der Waals surface area contributed by atoms with Crippen molar-refractivity contribution in [2.75, 3.05) is 20.3 Å². The van der Waals surface area contributed by atoms with Crippen molar-refractivity contribution in [3.8, 4) is 11.5 Å². The van der Waals surface area contributed by atoms with Crippen molar-refractivity contribution in [2.24, 2.45) is 22.0 Å². The number of ether oxygens (including phenoxy) is 2. The van der Waals surface area contributed by atoms with Crippen molar-refractivity contribution in [3.63, 3.8) is 0 Å². The molecule has 9 nitrogen and oxygen atoms in total. The molecule has 0 bridgehead atoms. The van der Waals surface area contributed by atoms with E-state index < -0.39 is 0 Å². The lowest BCUT2D eigenvalue weighted by Gasteiger charge is -2.28. The van der Waals surface area contributed by atoms with E-state index >= 15 is 0 Å². The van der Waals surface area contributed by atoms with Gasteiger partial charge in [0.15, 0.2) is 0 Å². The van der Waals surface area contributed by atoms with Crippen molar-refractivity contribution in [2.45, 2.75) is 59.3 Å². The molecule has 42 heavy (non-hydrogen) atoms. The Morgan fingerprint density at radius 1 is 0.952 bits per heavy atom. The lowest BCUT2D eigenvalue weighted by atomic mass is 9.91. The van der Waals surface area contributed by atoms with E-state index in [9.17, 15) is 9.59 Å². The fourth-order valence-corrected chi connectivity index (χ4v) is 5.44. The van der Waals surface area contributed by atoms with Crippen LogP contribution in [0.1, 0.15) is 76.1 Å². The van der Waals surface area contributed by atoms with E-state index in [1.807, 2.05) is 43.3 Å². The molecular formula is C33H39N5O4. The van der Waals surface area contributed by atoms with Gasteiger partial charge in [-0.15, -0.1) is 0 Å². The maximum absolute atomic E-state index is 12.9. The molecule has 3 aromatic rings. The van der Waals surface area contributed by atoms with E-state index in [-0.39, 0.29) is 23.7 Å². The SMILES string of the molecule is COc1ccc(C2=NN(CCCCOc3ccc(C4=NNC(=O)CC4C)cc3)C(=O)CC2C)c2ccc(C(C)C)nc12. The lowest BCUT2D eigenvalue weighted by Crippen LogP contribution is -2.37. The number of rotatable bonds is 10. The summed E-state index contributed by atoms with van der Waals surface area (Å²) in [5.74, 6) is 1.87. The van der Waals surface area contributed by atoms with Crippen LogP contribution in [0, 0.1) is 11.8 Å². The number of amides is 2. The fraction of sp³-hybridized carbons (Fsp3) is 0.424. The largest absolute Gasteiger partial charge is 0.494 e. The minimum atomic E-state index is -0.0550. The number of hydrogen-bond acceptors (Lipinski definition) is 7. The van der Waals surface area contributed by atoms with Gasteiger partial charge >= 0.3 is 0 Å². The first-order valence-corrected chi connectivity index (χ1v) is 14.7. The third-order valence-electron chi connectivity index (χ3n) is 7.84. The molecule has 0 saturated carbocycles. The van der Waals surface area contributed by atoms with Gasteiger partial charge in [0.1, 0.15) is 17.0 Å². The topological polar surface area (TPSA) is 105 Å². The molecule has 0 radical (unpaired) electrons. The average Bonchev–Trinajstić information content (AvgIpc) is 2.97. The van der Waals surface area contributed by atoms with E-state index in [1.54, 1.807) is 12.1 Å². The summed E-state index contributed by atoms with van der Waals surface area (Å²) in [4.78, 5) is 29.3. The summed E-state index contributed by atoms with van der Waals surface area (Å²) in [6.45, 7) is 9.37. The Hall–Kier alpha value is -4.27. The highest BCUT2D eigenvalue weighted by Crippen LogP contribution is 2.32. The zero-order chi connectivity index (χ0) is 29.8. The van der Waals surface area contributed by atoms with Crippen LogP contribution in [0.4, 0.5) is 0 Å². The minimum absolute atomic E-state index is 0.000237. The molecule has 2 aromatic carbocycles. The van der Waals surface area contributed by atoms with Gasteiger partial charge in [0.2, 0.25) is 11.8 Å². The van der Waals surface area contributed by atoms with E-state index in [0.29, 0.717) is 31.9 Å². The second-order valence-corrected chi connectivity index (χ2v) is 11.4. The summed E-state index contributed by atoms with van der Waals surface area (Å²) in [7, 11) is 1.66. The van der Waals surface area contributed by atoms with Crippen molar-refractivity contribution < 1.29 is 19.1 Å². The third kappa shape index (κ3) is 6.30. The van der Waals surface area contributed by atoms with Crippen LogP contribution in [-0.4, -0.2) is 53.5 Å². The number of methoxy groups -OCH3 is 1. The summed E-state index contributed by atoms with van der Waals surface area (Å²) >= 11 is 0. The van der Waals surface area contributed by atoms with Crippen LogP contribution in [0.5, 0.6) is 11.5 Å². The van der Waals surface area contributed by atoms with Gasteiger partial charge in [0.25, 0.3) is 0 Å². The number of benzene rings is 2. The molecule has 1 N–H and O–H groups in total. The molecule has 1 aromatic heterocycles. The maximum atomic E-state index is 12.9. The predicted molar refractivity (Wildman–Crippen MR) is 164 cm³/mol. The summed E-state index contributed by atoms with van der Waals surface area (Å²) < 4.78 is 11.6. The predicted octanol–water partition coefficient (Wildman–Crippen LogP) is 5.66. The van der Waals surface area contributed by atoms with Gasteiger partial charge in [-0.1, -0.05) is 33.8 Å².